The molecular weight excluding hydrogens is 130 g/mol. The van der Waals surface area contributed by atoms with E-state index in [0.717, 1.165) is 5.70 Å². The van der Waals surface area contributed by atoms with Gasteiger partial charge in [0.05, 0.1) is 12.8 Å². The van der Waals surface area contributed by atoms with E-state index >= 15 is 0 Å². The first-order valence-corrected chi connectivity index (χ1v) is 3.05. The molecule has 0 aromatic heterocycles. The number of aliphatic hydroxyl groups excluding tert-OH is 1. The molecular formula is C7H11NO2. The Morgan fingerprint density at radius 2 is 2.30 bits per heavy atom. The van der Waals surface area contributed by atoms with Crippen LogP contribution < -0.4 is 0 Å². The molecule has 1 heterocycles. The molecule has 1 aliphatic rings. The SMILES string of the molecule is C=C1CC(O)C(=C)N1OC. The summed E-state index contributed by atoms with van der Waals surface area (Å²) < 4.78 is 0. The van der Waals surface area contributed by atoms with E-state index in [1.165, 1.54) is 12.2 Å². The van der Waals surface area contributed by atoms with Crippen molar-refractivity contribution in [2.75, 3.05) is 7.11 Å². The molecule has 3 heteroatoms. The summed E-state index contributed by atoms with van der Waals surface area (Å²) in [6.45, 7) is 7.32. The van der Waals surface area contributed by atoms with Gasteiger partial charge in [-0.2, -0.15) is 0 Å². The van der Waals surface area contributed by atoms with Gasteiger partial charge < -0.3 is 5.11 Å². The summed E-state index contributed by atoms with van der Waals surface area (Å²) in [5, 5.41) is 10.6. The lowest BCUT2D eigenvalue weighted by atomic mass is 10.2. The van der Waals surface area contributed by atoms with Crippen LogP contribution in [-0.4, -0.2) is 23.4 Å². The van der Waals surface area contributed by atoms with Gasteiger partial charge >= 0.3 is 0 Å². The fraction of sp³-hybridized carbons (Fsp3) is 0.429. The molecule has 0 spiro atoms. The Morgan fingerprint density at radius 3 is 2.50 bits per heavy atom. The predicted molar refractivity (Wildman–Crippen MR) is 37.8 cm³/mol. The third kappa shape index (κ3) is 0.936. The molecule has 0 aromatic rings. The van der Waals surface area contributed by atoms with E-state index in [1.54, 1.807) is 0 Å². The second-order valence-electron chi connectivity index (χ2n) is 2.25. The van der Waals surface area contributed by atoms with Gasteiger partial charge in [-0.3, -0.25) is 4.84 Å². The van der Waals surface area contributed by atoms with E-state index < -0.39 is 6.10 Å². The van der Waals surface area contributed by atoms with Crippen LogP contribution in [0.4, 0.5) is 0 Å². The van der Waals surface area contributed by atoms with Crippen molar-refractivity contribution >= 4 is 0 Å². The van der Waals surface area contributed by atoms with Crippen LogP contribution in [0, 0.1) is 0 Å². The molecule has 1 aliphatic heterocycles. The molecule has 3 nitrogen and oxygen atoms in total. The molecule has 56 valence electrons. The molecule has 1 fully saturated rings. The summed E-state index contributed by atoms with van der Waals surface area (Å²) in [5.41, 5.74) is 1.31. The fourth-order valence-electron chi connectivity index (χ4n) is 1.01. The van der Waals surface area contributed by atoms with Crippen LogP contribution in [0.1, 0.15) is 6.42 Å². The van der Waals surface area contributed by atoms with E-state index in [4.69, 9.17) is 4.84 Å². The second-order valence-corrected chi connectivity index (χ2v) is 2.25. The number of hydrogen-bond donors (Lipinski definition) is 1. The van der Waals surface area contributed by atoms with Crippen molar-refractivity contribution in [2.24, 2.45) is 0 Å². The monoisotopic (exact) mass is 141 g/mol. The largest absolute Gasteiger partial charge is 0.386 e. The molecule has 0 aliphatic carbocycles. The first-order chi connectivity index (χ1) is 4.66. The van der Waals surface area contributed by atoms with Crippen molar-refractivity contribution in [3.8, 4) is 0 Å². The van der Waals surface area contributed by atoms with E-state index in [-0.39, 0.29) is 0 Å². The number of hydroxylamine groups is 2. The quantitative estimate of drug-likeness (QED) is 0.581. The molecule has 10 heavy (non-hydrogen) atoms. The number of nitrogens with zero attached hydrogens (tertiary/aromatic N) is 1. The smallest absolute Gasteiger partial charge is 0.101 e. The van der Waals surface area contributed by atoms with Crippen molar-refractivity contribution in [1.29, 1.82) is 0 Å². The molecule has 1 atom stereocenters. The third-order valence-corrected chi connectivity index (χ3v) is 1.54. The van der Waals surface area contributed by atoms with Crippen LogP contribution in [0.2, 0.25) is 0 Å². The molecule has 0 bridgehead atoms. The van der Waals surface area contributed by atoms with Crippen LogP contribution in [-0.2, 0) is 4.84 Å². The maximum absolute atomic E-state index is 9.19. The molecule has 1 saturated heterocycles. The molecule has 0 aromatic carbocycles. The predicted octanol–water partition coefficient (Wildman–Crippen LogP) is 0.642. The summed E-state index contributed by atoms with van der Waals surface area (Å²) in [5.74, 6) is 0. The van der Waals surface area contributed by atoms with Gasteiger partial charge in [-0.1, -0.05) is 13.2 Å². The minimum Gasteiger partial charge on any atom is -0.386 e. The summed E-state index contributed by atoms with van der Waals surface area (Å²) in [7, 11) is 1.52. The summed E-state index contributed by atoms with van der Waals surface area (Å²) >= 11 is 0. The lowest BCUT2D eigenvalue weighted by Crippen LogP contribution is -2.15. The standard InChI is InChI=1S/C7H11NO2/c1-5-4-7(9)6(2)8(5)10-3/h7,9H,1-2,4H2,3H3. The van der Waals surface area contributed by atoms with Crippen molar-refractivity contribution in [2.45, 2.75) is 12.5 Å². The van der Waals surface area contributed by atoms with Crippen LogP contribution in [0.25, 0.3) is 0 Å². The molecule has 0 saturated carbocycles. The normalized spacial score (nSPS) is 26.2. The Labute approximate surface area is 60.2 Å². The maximum atomic E-state index is 9.19. The third-order valence-electron chi connectivity index (χ3n) is 1.54. The van der Waals surface area contributed by atoms with Gasteiger partial charge in [-0.25, -0.2) is 5.06 Å². The first-order valence-electron chi connectivity index (χ1n) is 3.05. The Bertz CT molecular complexity index is 176. The van der Waals surface area contributed by atoms with E-state index in [2.05, 4.69) is 13.2 Å². The average molecular weight is 141 g/mol. The van der Waals surface area contributed by atoms with Crippen LogP contribution >= 0.6 is 0 Å². The topological polar surface area (TPSA) is 32.7 Å². The highest BCUT2D eigenvalue weighted by Gasteiger charge is 2.27. The van der Waals surface area contributed by atoms with Crippen molar-refractivity contribution in [1.82, 2.24) is 5.06 Å². The number of aliphatic hydroxyl groups is 1. The van der Waals surface area contributed by atoms with E-state index in [0.29, 0.717) is 12.1 Å². The molecule has 1 N–H and O–H groups in total. The van der Waals surface area contributed by atoms with Gasteiger partial charge in [0.15, 0.2) is 0 Å². The lowest BCUT2D eigenvalue weighted by molar-refractivity contribution is -0.0645. The van der Waals surface area contributed by atoms with Crippen LogP contribution in [0.15, 0.2) is 24.6 Å². The summed E-state index contributed by atoms with van der Waals surface area (Å²) in [6, 6.07) is 0. The maximum Gasteiger partial charge on any atom is 0.101 e. The fourth-order valence-corrected chi connectivity index (χ4v) is 1.01. The van der Waals surface area contributed by atoms with Gasteiger partial charge in [-0.15, -0.1) is 0 Å². The van der Waals surface area contributed by atoms with Gasteiger partial charge in [0.2, 0.25) is 0 Å². The second kappa shape index (κ2) is 2.44. The Morgan fingerprint density at radius 1 is 1.70 bits per heavy atom. The summed E-state index contributed by atoms with van der Waals surface area (Å²) in [4.78, 5) is 4.88. The number of hydrogen-bond acceptors (Lipinski definition) is 3. The van der Waals surface area contributed by atoms with Gasteiger partial charge in [0.25, 0.3) is 0 Å². The highest BCUT2D eigenvalue weighted by molar-refractivity contribution is 5.18. The summed E-state index contributed by atoms with van der Waals surface area (Å²) in [6.07, 6.45) is -0.000370. The highest BCUT2D eigenvalue weighted by Crippen LogP contribution is 2.27. The van der Waals surface area contributed by atoms with Crippen molar-refractivity contribution < 1.29 is 9.94 Å². The highest BCUT2D eigenvalue weighted by atomic mass is 16.7. The van der Waals surface area contributed by atoms with E-state index in [1.807, 2.05) is 0 Å². The van der Waals surface area contributed by atoms with Crippen molar-refractivity contribution in [3.63, 3.8) is 0 Å². The lowest BCUT2D eigenvalue weighted by Gasteiger charge is -2.16. The van der Waals surface area contributed by atoms with Crippen LogP contribution in [0.3, 0.4) is 0 Å². The molecule has 1 unspecified atom stereocenters. The molecule has 0 radical (unpaired) electrons. The molecule has 0 amide bonds. The van der Waals surface area contributed by atoms with Crippen LogP contribution in [0.5, 0.6) is 0 Å². The zero-order valence-electron chi connectivity index (χ0n) is 6.00. The van der Waals surface area contributed by atoms with Gasteiger partial charge in [0.1, 0.15) is 6.10 Å². The van der Waals surface area contributed by atoms with Gasteiger partial charge in [-0.05, 0) is 0 Å². The minimum atomic E-state index is -0.521. The zero-order chi connectivity index (χ0) is 7.72. The average Bonchev–Trinajstić information content (AvgIpc) is 2.09. The Balaban J connectivity index is 2.74. The Hall–Kier alpha value is -0.800. The molecule has 1 rings (SSSR count). The zero-order valence-corrected chi connectivity index (χ0v) is 6.00. The minimum absolute atomic E-state index is 0.521. The van der Waals surface area contributed by atoms with E-state index in [9.17, 15) is 5.11 Å². The van der Waals surface area contributed by atoms with Gasteiger partial charge in [0, 0.05) is 12.1 Å². The Kier molecular flexibility index (Phi) is 1.78. The first kappa shape index (κ1) is 7.31. The van der Waals surface area contributed by atoms with Crippen molar-refractivity contribution in [3.05, 3.63) is 24.6 Å². The number of rotatable bonds is 1.